The maximum Gasteiger partial charge on any atom is 0.231 e. The molecule has 7 N–H and O–H groups in total. The summed E-state index contributed by atoms with van der Waals surface area (Å²) in [5.74, 6) is -0.346. The number of amides is 1. The van der Waals surface area contributed by atoms with E-state index in [1.54, 1.807) is 42.5 Å². The highest BCUT2D eigenvalue weighted by Crippen LogP contribution is 2.24. The number of nitrogens with zero attached hydrogens (tertiary/aromatic N) is 2. The molecule has 0 aliphatic carbocycles. The summed E-state index contributed by atoms with van der Waals surface area (Å²) < 4.78 is 0. The van der Waals surface area contributed by atoms with E-state index in [1.807, 2.05) is 30.3 Å². The first-order chi connectivity index (χ1) is 15.0. The topological polar surface area (TPSA) is 143 Å². The lowest BCUT2D eigenvalue weighted by Gasteiger charge is -2.17. The van der Waals surface area contributed by atoms with Crippen molar-refractivity contribution in [2.45, 2.75) is 12.3 Å². The minimum absolute atomic E-state index is 0.162. The van der Waals surface area contributed by atoms with Crippen LogP contribution in [0.15, 0.2) is 77.8 Å². The number of anilines is 2. The second kappa shape index (κ2) is 10.1. The van der Waals surface area contributed by atoms with Crippen molar-refractivity contribution in [1.29, 1.82) is 5.26 Å². The molecule has 0 aromatic heterocycles. The van der Waals surface area contributed by atoms with Crippen LogP contribution in [0.2, 0.25) is 0 Å². The molecule has 3 aromatic rings. The van der Waals surface area contributed by atoms with E-state index in [9.17, 15) is 4.79 Å². The highest BCUT2D eigenvalue weighted by molar-refractivity contribution is 6.05. The molecule has 1 atom stereocenters. The van der Waals surface area contributed by atoms with Gasteiger partial charge in [0.2, 0.25) is 5.91 Å². The Bertz CT molecular complexity index is 1130. The van der Waals surface area contributed by atoms with Gasteiger partial charge in [-0.05, 0) is 54.9 Å². The Morgan fingerprint density at radius 3 is 2.55 bits per heavy atom. The number of nitrogens with two attached hydrogens (primary N) is 3. The van der Waals surface area contributed by atoms with Crippen LogP contribution in [-0.2, 0) is 4.79 Å². The number of carbonyl (C=O) groups excluding carboxylic acids is 1. The first-order valence-electron chi connectivity index (χ1n) is 9.82. The molecule has 0 bridgehead atoms. The summed E-state index contributed by atoms with van der Waals surface area (Å²) in [7, 11) is 0. The zero-order valence-electron chi connectivity index (χ0n) is 17.0. The number of nitrogens with one attached hydrogen (secondary N) is 1. The molecule has 0 aliphatic heterocycles. The summed E-state index contributed by atoms with van der Waals surface area (Å²) in [4.78, 5) is 17.3. The molecule has 156 valence electrons. The first-order valence-corrected chi connectivity index (χ1v) is 9.82. The van der Waals surface area contributed by atoms with Crippen molar-refractivity contribution in [3.8, 4) is 6.07 Å². The SMILES string of the molecule is N#Cc1cccc(N=C(N)c2cc(NC(=O)C(CCN)c3ccccc3)ccc2N)c1. The number of nitriles is 1. The van der Waals surface area contributed by atoms with Crippen molar-refractivity contribution in [1.82, 2.24) is 0 Å². The minimum Gasteiger partial charge on any atom is -0.398 e. The van der Waals surface area contributed by atoms with Crippen molar-refractivity contribution < 1.29 is 4.79 Å². The fourth-order valence-electron chi connectivity index (χ4n) is 3.23. The predicted octanol–water partition coefficient (Wildman–Crippen LogP) is 3.25. The van der Waals surface area contributed by atoms with E-state index >= 15 is 0 Å². The molecule has 1 unspecified atom stereocenters. The van der Waals surface area contributed by atoms with Gasteiger partial charge in [-0.15, -0.1) is 0 Å². The van der Waals surface area contributed by atoms with Gasteiger partial charge in [0.25, 0.3) is 0 Å². The predicted molar refractivity (Wildman–Crippen MR) is 124 cm³/mol. The number of benzene rings is 3. The molecule has 0 fully saturated rings. The molecule has 0 heterocycles. The number of hydrogen-bond acceptors (Lipinski definition) is 5. The molecule has 0 spiro atoms. The van der Waals surface area contributed by atoms with Crippen molar-refractivity contribution >= 4 is 28.8 Å². The van der Waals surface area contributed by atoms with Crippen molar-refractivity contribution in [3.63, 3.8) is 0 Å². The lowest BCUT2D eigenvalue weighted by Crippen LogP contribution is -2.24. The highest BCUT2D eigenvalue weighted by Gasteiger charge is 2.20. The van der Waals surface area contributed by atoms with Gasteiger partial charge in [-0.1, -0.05) is 36.4 Å². The largest absolute Gasteiger partial charge is 0.398 e. The van der Waals surface area contributed by atoms with Gasteiger partial charge in [0.1, 0.15) is 5.84 Å². The van der Waals surface area contributed by atoms with E-state index in [0.717, 1.165) is 5.56 Å². The molecule has 0 saturated carbocycles. The van der Waals surface area contributed by atoms with Gasteiger partial charge < -0.3 is 22.5 Å². The van der Waals surface area contributed by atoms with Crippen LogP contribution in [0.1, 0.15) is 29.0 Å². The van der Waals surface area contributed by atoms with Gasteiger partial charge in [-0.3, -0.25) is 4.79 Å². The van der Waals surface area contributed by atoms with Crippen LogP contribution in [0.4, 0.5) is 17.1 Å². The number of aliphatic imine (C=N–C) groups is 1. The Morgan fingerprint density at radius 2 is 1.84 bits per heavy atom. The van der Waals surface area contributed by atoms with E-state index < -0.39 is 0 Å². The maximum atomic E-state index is 12.9. The van der Waals surface area contributed by atoms with Crippen molar-refractivity contribution in [2.75, 3.05) is 17.6 Å². The average Bonchev–Trinajstić information content (AvgIpc) is 2.79. The zero-order chi connectivity index (χ0) is 22.2. The van der Waals surface area contributed by atoms with Crippen LogP contribution in [0.25, 0.3) is 0 Å². The Hall–Kier alpha value is -4.15. The molecule has 0 radical (unpaired) electrons. The minimum atomic E-state index is -0.369. The van der Waals surface area contributed by atoms with Gasteiger partial charge in [0.15, 0.2) is 0 Å². The third-order valence-corrected chi connectivity index (χ3v) is 4.80. The van der Waals surface area contributed by atoms with E-state index in [4.69, 9.17) is 22.5 Å². The summed E-state index contributed by atoms with van der Waals surface area (Å²) >= 11 is 0. The van der Waals surface area contributed by atoms with Gasteiger partial charge >= 0.3 is 0 Å². The molecule has 1 amide bonds. The third-order valence-electron chi connectivity index (χ3n) is 4.80. The number of amidine groups is 1. The molecule has 7 heteroatoms. The fourth-order valence-corrected chi connectivity index (χ4v) is 3.23. The van der Waals surface area contributed by atoms with Gasteiger partial charge in [0, 0.05) is 16.9 Å². The normalized spacial score (nSPS) is 12.1. The molecule has 3 rings (SSSR count). The monoisotopic (exact) mass is 412 g/mol. The Balaban J connectivity index is 1.85. The second-order valence-corrected chi connectivity index (χ2v) is 6.99. The van der Waals surface area contributed by atoms with Gasteiger partial charge in [-0.25, -0.2) is 4.99 Å². The van der Waals surface area contributed by atoms with Crippen molar-refractivity contribution in [2.24, 2.45) is 16.5 Å². The smallest absolute Gasteiger partial charge is 0.231 e. The molecule has 0 aliphatic rings. The summed E-state index contributed by atoms with van der Waals surface area (Å²) in [5.41, 5.74) is 21.4. The first kappa shape index (κ1) is 21.6. The van der Waals surface area contributed by atoms with E-state index in [1.165, 1.54) is 0 Å². The van der Waals surface area contributed by atoms with Crippen LogP contribution >= 0.6 is 0 Å². The van der Waals surface area contributed by atoms with Gasteiger partial charge in [-0.2, -0.15) is 5.26 Å². The Kier molecular flexibility index (Phi) is 6.99. The fraction of sp³-hybridized carbons (Fsp3) is 0.125. The summed E-state index contributed by atoms with van der Waals surface area (Å²) in [5, 5.41) is 12.0. The molecule has 7 nitrogen and oxygen atoms in total. The maximum absolute atomic E-state index is 12.9. The molecule has 3 aromatic carbocycles. The quantitative estimate of drug-likeness (QED) is 0.267. The standard InChI is InChI=1S/C24H24N6O/c25-12-11-20(17-6-2-1-3-7-17)24(31)30-19-9-10-22(27)21(14-19)23(28)29-18-8-4-5-16(13-18)15-26/h1-10,13-14,20H,11-12,25,27H2,(H2,28,29)(H,30,31). The van der Waals surface area contributed by atoms with Gasteiger partial charge in [0.05, 0.1) is 23.2 Å². The average molecular weight is 412 g/mol. The van der Waals surface area contributed by atoms with Crippen LogP contribution in [0, 0.1) is 11.3 Å². The summed E-state index contributed by atoms with van der Waals surface area (Å²) in [6.07, 6.45) is 0.524. The van der Waals surface area contributed by atoms with Crippen LogP contribution in [0.3, 0.4) is 0 Å². The summed E-state index contributed by atoms with van der Waals surface area (Å²) in [6.45, 7) is 0.390. The van der Waals surface area contributed by atoms with E-state index in [-0.39, 0.29) is 17.7 Å². The lowest BCUT2D eigenvalue weighted by molar-refractivity contribution is -0.117. The molecular formula is C24H24N6O. The Labute approximate surface area is 181 Å². The molecule has 0 saturated heterocycles. The number of hydrogen-bond donors (Lipinski definition) is 4. The van der Waals surface area contributed by atoms with E-state index in [2.05, 4.69) is 16.4 Å². The number of nitrogen functional groups attached to an aromatic ring is 1. The highest BCUT2D eigenvalue weighted by atomic mass is 16.1. The summed E-state index contributed by atoms with van der Waals surface area (Å²) in [6, 6.07) is 23.4. The van der Waals surface area contributed by atoms with Crippen molar-refractivity contribution in [3.05, 3.63) is 89.5 Å². The number of carbonyl (C=O) groups is 1. The Morgan fingerprint density at radius 1 is 1.06 bits per heavy atom. The zero-order valence-corrected chi connectivity index (χ0v) is 17.0. The van der Waals surface area contributed by atoms with Crippen LogP contribution < -0.4 is 22.5 Å². The van der Waals surface area contributed by atoms with Crippen LogP contribution in [-0.4, -0.2) is 18.3 Å². The molecule has 31 heavy (non-hydrogen) atoms. The van der Waals surface area contributed by atoms with Crippen LogP contribution in [0.5, 0.6) is 0 Å². The second-order valence-electron chi connectivity index (χ2n) is 6.99. The lowest BCUT2D eigenvalue weighted by atomic mass is 9.94. The third kappa shape index (κ3) is 5.47. The van der Waals surface area contributed by atoms with E-state index in [0.29, 0.717) is 41.2 Å². The number of rotatable bonds is 7. The molecular weight excluding hydrogens is 388 g/mol.